The van der Waals surface area contributed by atoms with Crippen LogP contribution in [0, 0.1) is 0 Å². The van der Waals surface area contributed by atoms with Crippen LogP contribution in [0.5, 0.6) is 0 Å². The van der Waals surface area contributed by atoms with Crippen LogP contribution in [0.15, 0.2) is 36.0 Å². The molecule has 90 valence electrons. The van der Waals surface area contributed by atoms with E-state index in [9.17, 15) is 4.79 Å². The number of hydrogen-bond acceptors (Lipinski definition) is 2. The molecule has 2 rings (SSSR count). The fourth-order valence-corrected chi connectivity index (χ4v) is 2.53. The van der Waals surface area contributed by atoms with Crippen molar-refractivity contribution in [1.29, 1.82) is 0 Å². The second kappa shape index (κ2) is 4.19. The minimum Gasteiger partial charge on any atom is -0.347 e. The lowest BCUT2D eigenvalue weighted by atomic mass is 9.83. The van der Waals surface area contributed by atoms with Crippen LogP contribution in [-0.2, 0) is 10.2 Å². The van der Waals surface area contributed by atoms with Gasteiger partial charge in [0.2, 0.25) is 0 Å². The number of rotatable bonds is 2. The number of hydrogen-bond donors (Lipinski definition) is 0. The van der Waals surface area contributed by atoms with E-state index in [1.807, 2.05) is 19.2 Å². The number of benzene rings is 1. The molecule has 0 saturated heterocycles. The third-order valence-electron chi connectivity index (χ3n) is 3.37. The molecule has 1 aliphatic rings. The van der Waals surface area contributed by atoms with Gasteiger partial charge in [0.15, 0.2) is 5.78 Å². The molecule has 0 atom stereocenters. The molecule has 0 fully saturated rings. The first-order chi connectivity index (χ1) is 7.98. The predicted octanol–water partition coefficient (Wildman–Crippen LogP) is 3.11. The summed E-state index contributed by atoms with van der Waals surface area (Å²) in [5.41, 5.74) is 3.26. The van der Waals surface area contributed by atoms with Crippen LogP contribution in [0.1, 0.15) is 19.4 Å². The van der Waals surface area contributed by atoms with E-state index < -0.39 is 0 Å². The molecule has 0 unspecified atom stereocenters. The first-order valence-electron chi connectivity index (χ1n) is 5.62. The van der Waals surface area contributed by atoms with E-state index in [0.29, 0.717) is 0 Å². The minimum atomic E-state index is -0.146. The lowest BCUT2D eigenvalue weighted by molar-refractivity contribution is -0.112. The van der Waals surface area contributed by atoms with Crippen LogP contribution in [0.2, 0.25) is 0 Å². The molecule has 0 aromatic heterocycles. The molecular weight excluding hydrogens is 234 g/mol. The number of halogens is 1. The Morgan fingerprint density at radius 3 is 2.65 bits per heavy atom. The molecule has 1 aromatic carbocycles. The molecule has 1 aromatic rings. The molecule has 0 radical (unpaired) electrons. The molecule has 2 nitrogen and oxygen atoms in total. The van der Waals surface area contributed by atoms with Gasteiger partial charge in [-0.3, -0.25) is 4.79 Å². The number of allylic oxidation sites excluding steroid dienone is 2. The lowest BCUT2D eigenvalue weighted by Gasteiger charge is -2.23. The fraction of sp³-hybridized carbons (Fsp3) is 0.357. The Morgan fingerprint density at radius 1 is 1.41 bits per heavy atom. The van der Waals surface area contributed by atoms with E-state index in [-0.39, 0.29) is 17.1 Å². The van der Waals surface area contributed by atoms with Gasteiger partial charge in [0, 0.05) is 29.9 Å². The van der Waals surface area contributed by atoms with Crippen LogP contribution in [0.4, 0.5) is 5.69 Å². The third-order valence-corrected chi connectivity index (χ3v) is 3.63. The second-order valence-corrected chi connectivity index (χ2v) is 5.10. The van der Waals surface area contributed by atoms with Crippen LogP contribution in [0.25, 0.3) is 0 Å². The van der Waals surface area contributed by atoms with E-state index in [2.05, 4.69) is 30.9 Å². The average Bonchev–Trinajstić information content (AvgIpc) is 2.51. The van der Waals surface area contributed by atoms with Crippen molar-refractivity contribution in [2.45, 2.75) is 19.3 Å². The van der Waals surface area contributed by atoms with Gasteiger partial charge in [-0.05, 0) is 11.6 Å². The number of likely N-dealkylation sites (N-methyl/N-ethyl adjacent to an activating group) is 1. The van der Waals surface area contributed by atoms with Gasteiger partial charge in [0.05, 0.1) is 5.88 Å². The molecule has 1 heterocycles. The van der Waals surface area contributed by atoms with Gasteiger partial charge in [-0.2, -0.15) is 0 Å². The Kier molecular flexibility index (Phi) is 3.00. The van der Waals surface area contributed by atoms with Gasteiger partial charge < -0.3 is 4.90 Å². The number of anilines is 1. The zero-order valence-electron chi connectivity index (χ0n) is 10.3. The van der Waals surface area contributed by atoms with Gasteiger partial charge >= 0.3 is 0 Å². The minimum absolute atomic E-state index is 0.0315. The summed E-state index contributed by atoms with van der Waals surface area (Å²) >= 11 is 5.57. The van der Waals surface area contributed by atoms with Gasteiger partial charge in [0.1, 0.15) is 0 Å². The molecule has 0 aliphatic carbocycles. The van der Waals surface area contributed by atoms with E-state index in [1.54, 1.807) is 6.08 Å². The Balaban J connectivity index is 2.54. The standard InChI is InChI=1S/C14H16ClNO/c1-14(2)11-6-4-5-7-12(11)16(3)13(14)8-10(17)9-15/h4-8H,9H2,1-3H3. The van der Waals surface area contributed by atoms with Crippen molar-refractivity contribution in [1.82, 2.24) is 0 Å². The molecule has 0 bridgehead atoms. The fourth-order valence-electron chi connectivity index (χ4n) is 2.45. The van der Waals surface area contributed by atoms with E-state index in [0.717, 1.165) is 11.4 Å². The highest BCUT2D eigenvalue weighted by Gasteiger charge is 2.38. The lowest BCUT2D eigenvalue weighted by Crippen LogP contribution is -2.24. The van der Waals surface area contributed by atoms with Crippen molar-refractivity contribution >= 4 is 23.1 Å². The maximum atomic E-state index is 11.5. The van der Waals surface area contributed by atoms with Gasteiger partial charge in [0.25, 0.3) is 0 Å². The number of carbonyl (C=O) groups is 1. The zero-order chi connectivity index (χ0) is 12.6. The van der Waals surface area contributed by atoms with E-state index in [4.69, 9.17) is 11.6 Å². The van der Waals surface area contributed by atoms with Crippen molar-refractivity contribution < 1.29 is 4.79 Å². The van der Waals surface area contributed by atoms with Gasteiger partial charge in [-0.1, -0.05) is 32.0 Å². The van der Waals surface area contributed by atoms with Crippen molar-refractivity contribution in [3.05, 3.63) is 41.6 Å². The molecule has 0 saturated carbocycles. The first-order valence-corrected chi connectivity index (χ1v) is 6.16. The molecule has 1 aliphatic heterocycles. The predicted molar refractivity (Wildman–Crippen MR) is 71.7 cm³/mol. The summed E-state index contributed by atoms with van der Waals surface area (Å²) in [4.78, 5) is 13.6. The molecular formula is C14H16ClNO. The maximum Gasteiger partial charge on any atom is 0.172 e. The number of alkyl halides is 1. The molecule has 0 amide bonds. The van der Waals surface area contributed by atoms with Crippen LogP contribution in [-0.4, -0.2) is 18.7 Å². The Morgan fingerprint density at radius 2 is 2.06 bits per heavy atom. The van der Waals surface area contributed by atoms with Crippen LogP contribution < -0.4 is 4.90 Å². The Bertz CT molecular complexity index is 491. The number of carbonyl (C=O) groups excluding carboxylic acids is 1. The molecule has 0 spiro atoms. The summed E-state index contributed by atoms with van der Waals surface area (Å²) in [6.07, 6.45) is 1.66. The third kappa shape index (κ3) is 1.87. The highest BCUT2D eigenvalue weighted by atomic mass is 35.5. The molecule has 0 N–H and O–H groups in total. The number of ketones is 1. The largest absolute Gasteiger partial charge is 0.347 e. The summed E-state index contributed by atoms with van der Waals surface area (Å²) in [5, 5.41) is 0. The summed E-state index contributed by atoms with van der Waals surface area (Å²) in [5.74, 6) is -0.0153. The summed E-state index contributed by atoms with van der Waals surface area (Å²) in [6, 6.07) is 8.22. The first kappa shape index (κ1) is 12.2. The topological polar surface area (TPSA) is 20.3 Å². The SMILES string of the molecule is CN1C(=CC(=O)CCl)C(C)(C)c2ccccc21. The average molecular weight is 250 g/mol. The normalized spacial score (nSPS) is 19.5. The quantitative estimate of drug-likeness (QED) is 0.593. The van der Waals surface area contributed by atoms with Gasteiger partial charge in [-0.15, -0.1) is 11.6 Å². The Hall–Kier alpha value is -1.28. The Labute approximate surface area is 107 Å². The van der Waals surface area contributed by atoms with Crippen molar-refractivity contribution in [2.24, 2.45) is 0 Å². The molecule has 3 heteroatoms. The maximum absolute atomic E-state index is 11.5. The number of nitrogens with zero attached hydrogens (tertiary/aromatic N) is 1. The van der Waals surface area contributed by atoms with Crippen molar-refractivity contribution in [2.75, 3.05) is 17.8 Å². The smallest absolute Gasteiger partial charge is 0.172 e. The molecule has 17 heavy (non-hydrogen) atoms. The zero-order valence-corrected chi connectivity index (χ0v) is 11.1. The number of para-hydroxylation sites is 1. The summed E-state index contributed by atoms with van der Waals surface area (Å²) in [7, 11) is 1.99. The highest BCUT2D eigenvalue weighted by Crippen LogP contribution is 2.46. The van der Waals surface area contributed by atoms with Crippen LogP contribution in [0.3, 0.4) is 0 Å². The van der Waals surface area contributed by atoms with E-state index in [1.165, 1.54) is 5.56 Å². The summed E-state index contributed by atoms with van der Waals surface area (Å²) < 4.78 is 0. The van der Waals surface area contributed by atoms with Crippen molar-refractivity contribution in [3.8, 4) is 0 Å². The monoisotopic (exact) mass is 249 g/mol. The van der Waals surface area contributed by atoms with Crippen LogP contribution >= 0.6 is 11.6 Å². The van der Waals surface area contributed by atoms with Gasteiger partial charge in [-0.25, -0.2) is 0 Å². The highest BCUT2D eigenvalue weighted by molar-refractivity contribution is 6.29. The summed E-state index contributed by atoms with van der Waals surface area (Å²) in [6.45, 7) is 4.26. The van der Waals surface area contributed by atoms with E-state index >= 15 is 0 Å². The second-order valence-electron chi connectivity index (χ2n) is 4.83. The van der Waals surface area contributed by atoms with Crippen molar-refractivity contribution in [3.63, 3.8) is 0 Å². The number of fused-ring (bicyclic) bond motifs is 1.